The van der Waals surface area contributed by atoms with E-state index in [1.807, 2.05) is 4.90 Å². The van der Waals surface area contributed by atoms with Gasteiger partial charge in [0.15, 0.2) is 0 Å². The van der Waals surface area contributed by atoms with Crippen molar-refractivity contribution in [1.82, 2.24) is 9.80 Å². The minimum atomic E-state index is -0.300. The van der Waals surface area contributed by atoms with E-state index in [2.05, 4.69) is 4.90 Å². The Balaban J connectivity index is 1.66. The second-order valence-electron chi connectivity index (χ2n) is 7.99. The maximum Gasteiger partial charge on any atom is 0.254 e. The molecule has 1 spiro atoms. The Kier molecular flexibility index (Phi) is 6.50. The lowest BCUT2D eigenvalue weighted by atomic mass is 9.71. The van der Waals surface area contributed by atoms with Crippen molar-refractivity contribution in [3.63, 3.8) is 0 Å². The first-order valence-corrected chi connectivity index (χ1v) is 9.75. The van der Waals surface area contributed by atoms with Crippen LogP contribution in [0.1, 0.15) is 28.8 Å². The number of ether oxygens (including phenoxy) is 2. The van der Waals surface area contributed by atoms with E-state index in [1.165, 1.54) is 12.1 Å². The third-order valence-corrected chi connectivity index (χ3v) is 6.33. The van der Waals surface area contributed by atoms with Gasteiger partial charge in [-0.2, -0.15) is 0 Å². The molecule has 5 nitrogen and oxygen atoms in total. The number of likely N-dealkylation sites (tertiary alicyclic amines) is 2. The zero-order valence-electron chi connectivity index (χ0n) is 16.7. The molecule has 2 heterocycles. The number of piperidine rings is 1. The van der Waals surface area contributed by atoms with Crippen LogP contribution in [0.4, 0.5) is 4.39 Å². The van der Waals surface area contributed by atoms with Gasteiger partial charge in [0.2, 0.25) is 0 Å². The van der Waals surface area contributed by atoms with Crippen LogP contribution >= 0.6 is 0 Å². The van der Waals surface area contributed by atoms with Gasteiger partial charge in [-0.05, 0) is 48.9 Å². The molecular formula is C21H31FN2O3. The number of methoxy groups -OCH3 is 2. The van der Waals surface area contributed by atoms with Crippen LogP contribution in [0.5, 0.6) is 0 Å². The molecule has 1 aromatic rings. The van der Waals surface area contributed by atoms with E-state index < -0.39 is 0 Å². The summed E-state index contributed by atoms with van der Waals surface area (Å²) in [4.78, 5) is 17.3. The second kappa shape index (κ2) is 8.67. The van der Waals surface area contributed by atoms with Gasteiger partial charge in [0.25, 0.3) is 5.91 Å². The molecule has 27 heavy (non-hydrogen) atoms. The predicted octanol–water partition coefficient (Wildman–Crippen LogP) is 2.58. The fraction of sp³-hybridized carbons (Fsp3) is 0.667. The van der Waals surface area contributed by atoms with Crippen molar-refractivity contribution in [2.45, 2.75) is 19.8 Å². The first-order valence-electron chi connectivity index (χ1n) is 9.75. The first kappa shape index (κ1) is 20.2. The fourth-order valence-electron chi connectivity index (χ4n) is 4.72. The summed E-state index contributed by atoms with van der Waals surface area (Å²) in [7, 11) is 3.50. The van der Waals surface area contributed by atoms with Crippen LogP contribution in [0.25, 0.3) is 0 Å². The summed E-state index contributed by atoms with van der Waals surface area (Å²) in [6, 6.07) is 4.40. The van der Waals surface area contributed by atoms with Gasteiger partial charge in [0.05, 0.1) is 13.2 Å². The quantitative estimate of drug-likeness (QED) is 0.763. The number of hydrogen-bond acceptors (Lipinski definition) is 4. The van der Waals surface area contributed by atoms with Crippen LogP contribution < -0.4 is 0 Å². The second-order valence-corrected chi connectivity index (χ2v) is 7.99. The molecule has 0 bridgehead atoms. The van der Waals surface area contributed by atoms with Crippen LogP contribution in [0, 0.1) is 24.1 Å². The van der Waals surface area contributed by atoms with Crippen LogP contribution in [-0.4, -0.2) is 75.9 Å². The van der Waals surface area contributed by atoms with E-state index in [9.17, 15) is 9.18 Å². The Morgan fingerprint density at radius 3 is 2.63 bits per heavy atom. The molecular weight excluding hydrogens is 347 g/mol. The average molecular weight is 378 g/mol. The van der Waals surface area contributed by atoms with E-state index in [0.717, 1.165) is 58.8 Å². The van der Waals surface area contributed by atoms with Gasteiger partial charge in [0, 0.05) is 58.4 Å². The number of carbonyl (C=O) groups is 1. The Morgan fingerprint density at radius 1 is 1.26 bits per heavy atom. The molecule has 2 saturated heterocycles. The lowest BCUT2D eigenvalue weighted by molar-refractivity contribution is 0.0320. The van der Waals surface area contributed by atoms with Crippen molar-refractivity contribution in [2.24, 2.45) is 11.3 Å². The molecule has 0 radical (unpaired) electrons. The van der Waals surface area contributed by atoms with Gasteiger partial charge in [0.1, 0.15) is 5.82 Å². The van der Waals surface area contributed by atoms with Crippen molar-refractivity contribution >= 4 is 5.91 Å². The summed E-state index contributed by atoms with van der Waals surface area (Å²) in [5.74, 6) is 0.204. The molecule has 150 valence electrons. The van der Waals surface area contributed by atoms with Crippen molar-refractivity contribution < 1.29 is 18.7 Å². The monoisotopic (exact) mass is 378 g/mol. The molecule has 2 aliphatic rings. The van der Waals surface area contributed by atoms with Gasteiger partial charge in [-0.15, -0.1) is 0 Å². The Labute approximate surface area is 161 Å². The molecule has 1 unspecified atom stereocenters. The van der Waals surface area contributed by atoms with Gasteiger partial charge < -0.3 is 19.3 Å². The zero-order valence-corrected chi connectivity index (χ0v) is 16.7. The van der Waals surface area contributed by atoms with Crippen LogP contribution in [0.3, 0.4) is 0 Å². The normalized spacial score (nSPS) is 22.5. The highest BCUT2D eigenvalue weighted by atomic mass is 19.1. The van der Waals surface area contributed by atoms with Gasteiger partial charge >= 0.3 is 0 Å². The summed E-state index contributed by atoms with van der Waals surface area (Å²) in [5.41, 5.74) is 1.51. The lowest BCUT2D eigenvalue weighted by Gasteiger charge is -2.42. The Morgan fingerprint density at radius 2 is 2.00 bits per heavy atom. The lowest BCUT2D eigenvalue weighted by Crippen LogP contribution is -2.47. The molecule has 0 aliphatic carbocycles. The zero-order chi connectivity index (χ0) is 19.4. The Hall–Kier alpha value is -1.50. The summed E-state index contributed by atoms with van der Waals surface area (Å²) in [6.07, 6.45) is 1.97. The topological polar surface area (TPSA) is 42.0 Å². The maximum atomic E-state index is 13.3. The van der Waals surface area contributed by atoms with Gasteiger partial charge in [-0.1, -0.05) is 0 Å². The van der Waals surface area contributed by atoms with E-state index in [1.54, 1.807) is 27.2 Å². The van der Waals surface area contributed by atoms with E-state index in [4.69, 9.17) is 9.47 Å². The predicted molar refractivity (Wildman–Crippen MR) is 102 cm³/mol. The van der Waals surface area contributed by atoms with Crippen molar-refractivity contribution in [1.29, 1.82) is 0 Å². The standard InChI is InChI=1S/C21H31FN2O3/c1-16-12-18(22)4-5-19(16)20(25)24-8-6-21(7-9-24)15-23(10-11-26-2)13-17(21)14-27-3/h4-5,12,17H,6-11,13-15H2,1-3H3. The number of benzene rings is 1. The van der Waals surface area contributed by atoms with Crippen molar-refractivity contribution in [2.75, 3.05) is 60.2 Å². The highest BCUT2D eigenvalue weighted by molar-refractivity contribution is 5.95. The number of hydrogen-bond donors (Lipinski definition) is 0. The molecule has 1 aromatic carbocycles. The molecule has 1 atom stereocenters. The largest absolute Gasteiger partial charge is 0.384 e. The number of aryl methyl sites for hydroxylation is 1. The van der Waals surface area contributed by atoms with Crippen molar-refractivity contribution in [3.05, 3.63) is 35.1 Å². The summed E-state index contributed by atoms with van der Waals surface area (Å²) in [6.45, 7) is 7.79. The SMILES string of the molecule is COCCN1CC(COC)C2(CCN(C(=O)c3ccc(F)cc3C)CC2)C1. The number of halogens is 1. The maximum absolute atomic E-state index is 13.3. The third-order valence-electron chi connectivity index (χ3n) is 6.33. The minimum Gasteiger partial charge on any atom is -0.384 e. The average Bonchev–Trinajstić information content (AvgIpc) is 2.97. The number of carbonyl (C=O) groups excluding carboxylic acids is 1. The van der Waals surface area contributed by atoms with Gasteiger partial charge in [-0.3, -0.25) is 4.79 Å². The van der Waals surface area contributed by atoms with Gasteiger partial charge in [-0.25, -0.2) is 4.39 Å². The molecule has 1 amide bonds. The fourth-order valence-corrected chi connectivity index (χ4v) is 4.72. The van der Waals surface area contributed by atoms with E-state index in [0.29, 0.717) is 17.0 Å². The minimum absolute atomic E-state index is 0.0138. The Bertz CT molecular complexity index is 659. The smallest absolute Gasteiger partial charge is 0.254 e. The number of rotatable bonds is 6. The highest BCUT2D eigenvalue weighted by Gasteiger charge is 2.48. The molecule has 0 saturated carbocycles. The molecule has 3 rings (SSSR count). The molecule has 0 N–H and O–H groups in total. The van der Waals surface area contributed by atoms with Crippen LogP contribution in [0.15, 0.2) is 18.2 Å². The number of nitrogens with zero attached hydrogens (tertiary/aromatic N) is 2. The molecule has 0 aromatic heterocycles. The molecule has 2 aliphatic heterocycles. The molecule has 2 fully saturated rings. The molecule has 6 heteroatoms. The van der Waals surface area contributed by atoms with Crippen LogP contribution in [-0.2, 0) is 9.47 Å². The van der Waals surface area contributed by atoms with E-state index >= 15 is 0 Å². The first-order chi connectivity index (χ1) is 13.0. The summed E-state index contributed by atoms with van der Waals surface area (Å²) < 4.78 is 24.1. The summed E-state index contributed by atoms with van der Waals surface area (Å²) in [5, 5.41) is 0. The van der Waals surface area contributed by atoms with Crippen molar-refractivity contribution in [3.8, 4) is 0 Å². The number of amides is 1. The third kappa shape index (κ3) is 4.33. The van der Waals surface area contributed by atoms with Crippen LogP contribution in [0.2, 0.25) is 0 Å². The van der Waals surface area contributed by atoms with E-state index in [-0.39, 0.29) is 17.1 Å². The highest BCUT2D eigenvalue weighted by Crippen LogP contribution is 2.45. The summed E-state index contributed by atoms with van der Waals surface area (Å²) >= 11 is 0.